The summed E-state index contributed by atoms with van der Waals surface area (Å²) in [6, 6.07) is 4.95. The number of benzene rings is 1. The lowest BCUT2D eigenvalue weighted by atomic mass is 9.81. The molecule has 2 aliphatic rings. The molecule has 1 aliphatic carbocycles. The van der Waals surface area contributed by atoms with Gasteiger partial charge in [-0.15, -0.1) is 0 Å². The van der Waals surface area contributed by atoms with Crippen LogP contribution in [0.3, 0.4) is 0 Å². The van der Waals surface area contributed by atoms with Crippen LogP contribution in [0, 0.1) is 11.6 Å². The number of halogens is 3. The Labute approximate surface area is 174 Å². The molecule has 2 aromatic rings. The predicted molar refractivity (Wildman–Crippen MR) is 112 cm³/mol. The van der Waals surface area contributed by atoms with Crippen LogP contribution in [0.15, 0.2) is 54.3 Å². The molecule has 7 heteroatoms. The van der Waals surface area contributed by atoms with E-state index in [2.05, 4.69) is 4.98 Å². The number of allylic oxidation sites excluding steroid dienone is 2. The molecule has 1 aliphatic heterocycles. The van der Waals surface area contributed by atoms with Gasteiger partial charge < -0.3 is 16.4 Å². The maximum Gasteiger partial charge on any atom is 0.149 e. The van der Waals surface area contributed by atoms with Crippen molar-refractivity contribution in [3.8, 4) is 0 Å². The lowest BCUT2D eigenvalue weighted by Gasteiger charge is -2.39. The van der Waals surface area contributed by atoms with Gasteiger partial charge in [0, 0.05) is 17.9 Å². The van der Waals surface area contributed by atoms with Crippen LogP contribution in [0.5, 0.6) is 0 Å². The third-order valence-corrected chi connectivity index (χ3v) is 6.08. The normalized spacial score (nSPS) is 24.8. The third-order valence-electron chi connectivity index (χ3n) is 6.08. The molecule has 0 spiro atoms. The van der Waals surface area contributed by atoms with E-state index in [1.54, 1.807) is 24.2 Å². The highest BCUT2D eigenvalue weighted by molar-refractivity contribution is 5.86. The first-order valence-electron chi connectivity index (χ1n) is 10.2. The Hall–Kier alpha value is -2.80. The molecule has 30 heavy (non-hydrogen) atoms. The number of rotatable bonds is 3. The molecular formula is C23H25F3N4. The zero-order chi connectivity index (χ0) is 21.4. The van der Waals surface area contributed by atoms with E-state index >= 15 is 4.39 Å². The van der Waals surface area contributed by atoms with E-state index in [4.69, 9.17) is 11.5 Å². The van der Waals surface area contributed by atoms with Crippen molar-refractivity contribution >= 4 is 11.4 Å². The Morgan fingerprint density at radius 2 is 1.83 bits per heavy atom. The van der Waals surface area contributed by atoms with Gasteiger partial charge in [-0.2, -0.15) is 0 Å². The van der Waals surface area contributed by atoms with Gasteiger partial charge in [0.05, 0.1) is 29.2 Å². The first kappa shape index (κ1) is 20.5. The number of aromatic nitrogens is 1. The van der Waals surface area contributed by atoms with Crippen molar-refractivity contribution in [1.82, 2.24) is 4.98 Å². The monoisotopic (exact) mass is 414 g/mol. The van der Waals surface area contributed by atoms with E-state index < -0.39 is 29.1 Å². The number of hydrogen-bond acceptors (Lipinski definition) is 4. The van der Waals surface area contributed by atoms with Crippen LogP contribution in [0.25, 0.3) is 5.70 Å². The molecule has 1 aromatic carbocycles. The SMILES string of the molecule is CC1C(N)=CC(F)=C(c2c(F)cccc2F)N1c1cnccc1[C@@H]1CCC[C@H](N)C1. The molecule has 0 saturated heterocycles. The summed E-state index contributed by atoms with van der Waals surface area (Å²) in [5.74, 6) is -2.31. The van der Waals surface area contributed by atoms with Crippen LogP contribution in [-0.2, 0) is 0 Å². The molecule has 158 valence electrons. The lowest BCUT2D eigenvalue weighted by molar-refractivity contribution is 0.393. The summed E-state index contributed by atoms with van der Waals surface area (Å²) >= 11 is 0. The molecule has 0 radical (unpaired) electrons. The second-order valence-electron chi connectivity index (χ2n) is 8.04. The van der Waals surface area contributed by atoms with E-state index in [-0.39, 0.29) is 23.4 Å². The standard InChI is InChI=1S/C23H25F3N4/c1-13-20(28)11-19(26)23(22-17(24)6-3-7-18(22)25)30(13)21-12-29-9-8-16(21)14-4-2-5-15(27)10-14/h3,6-9,11-15H,2,4-5,10,27-28H2,1H3/t13?,14-,15+/m1/s1. The van der Waals surface area contributed by atoms with Crippen molar-refractivity contribution < 1.29 is 13.2 Å². The van der Waals surface area contributed by atoms with Crippen molar-refractivity contribution in [2.75, 3.05) is 4.90 Å². The summed E-state index contributed by atoms with van der Waals surface area (Å²) < 4.78 is 44.5. The van der Waals surface area contributed by atoms with Gasteiger partial charge in [-0.05, 0) is 61.9 Å². The summed E-state index contributed by atoms with van der Waals surface area (Å²) in [6.07, 6.45) is 8.10. The molecule has 3 atom stereocenters. The fourth-order valence-electron chi connectivity index (χ4n) is 4.54. The lowest BCUT2D eigenvalue weighted by Crippen LogP contribution is -2.40. The van der Waals surface area contributed by atoms with Gasteiger partial charge in [0.2, 0.25) is 0 Å². The number of anilines is 1. The summed E-state index contributed by atoms with van der Waals surface area (Å²) in [5.41, 5.74) is 13.5. The summed E-state index contributed by atoms with van der Waals surface area (Å²) in [4.78, 5) is 5.79. The molecule has 1 saturated carbocycles. The summed E-state index contributed by atoms with van der Waals surface area (Å²) in [5, 5.41) is 0. The van der Waals surface area contributed by atoms with Crippen LogP contribution in [0.2, 0.25) is 0 Å². The van der Waals surface area contributed by atoms with Gasteiger partial charge in [-0.25, -0.2) is 13.2 Å². The molecule has 2 heterocycles. The van der Waals surface area contributed by atoms with Gasteiger partial charge in [0.15, 0.2) is 0 Å². The minimum absolute atomic E-state index is 0.0873. The smallest absolute Gasteiger partial charge is 0.149 e. The van der Waals surface area contributed by atoms with Crippen LogP contribution in [0.4, 0.5) is 18.9 Å². The highest BCUT2D eigenvalue weighted by atomic mass is 19.1. The Bertz CT molecular complexity index is 997. The minimum atomic E-state index is -0.837. The summed E-state index contributed by atoms with van der Waals surface area (Å²) in [7, 11) is 0. The molecule has 4 rings (SSSR count). The highest BCUT2D eigenvalue weighted by Gasteiger charge is 2.35. The average Bonchev–Trinajstić information content (AvgIpc) is 2.72. The quantitative estimate of drug-likeness (QED) is 0.762. The van der Waals surface area contributed by atoms with Crippen LogP contribution in [-0.4, -0.2) is 17.1 Å². The number of hydrogen-bond donors (Lipinski definition) is 2. The number of nitrogens with zero attached hydrogens (tertiary/aromatic N) is 2. The van der Waals surface area contributed by atoms with Crippen molar-refractivity contribution in [1.29, 1.82) is 0 Å². The predicted octanol–water partition coefficient (Wildman–Crippen LogP) is 4.73. The summed E-state index contributed by atoms with van der Waals surface area (Å²) in [6.45, 7) is 1.78. The zero-order valence-corrected chi connectivity index (χ0v) is 16.8. The first-order chi connectivity index (χ1) is 14.4. The molecular weight excluding hydrogens is 389 g/mol. The van der Waals surface area contributed by atoms with Crippen molar-refractivity contribution in [3.63, 3.8) is 0 Å². The fraction of sp³-hybridized carbons (Fsp3) is 0.348. The highest BCUT2D eigenvalue weighted by Crippen LogP contribution is 2.43. The molecule has 4 N–H and O–H groups in total. The van der Waals surface area contributed by atoms with Gasteiger partial charge in [0.25, 0.3) is 0 Å². The molecule has 0 amide bonds. The Balaban J connectivity index is 1.90. The number of pyridine rings is 1. The van der Waals surface area contributed by atoms with Crippen LogP contribution in [0.1, 0.15) is 49.7 Å². The molecule has 0 bridgehead atoms. The molecule has 1 fully saturated rings. The van der Waals surface area contributed by atoms with Crippen molar-refractivity contribution in [2.45, 2.75) is 50.6 Å². The van der Waals surface area contributed by atoms with E-state index in [1.165, 1.54) is 6.07 Å². The maximum atomic E-state index is 15.2. The topological polar surface area (TPSA) is 68.2 Å². The first-order valence-corrected chi connectivity index (χ1v) is 10.2. The number of nitrogens with two attached hydrogens (primary N) is 2. The molecule has 1 unspecified atom stereocenters. The second kappa shape index (κ2) is 8.14. The molecule has 1 aromatic heterocycles. The van der Waals surface area contributed by atoms with Crippen LogP contribution < -0.4 is 16.4 Å². The minimum Gasteiger partial charge on any atom is -0.400 e. The van der Waals surface area contributed by atoms with E-state index in [9.17, 15) is 8.78 Å². The Morgan fingerprint density at radius 1 is 1.10 bits per heavy atom. The maximum absolute atomic E-state index is 15.2. The molecule has 4 nitrogen and oxygen atoms in total. The zero-order valence-electron chi connectivity index (χ0n) is 16.8. The van der Waals surface area contributed by atoms with Crippen molar-refractivity contribution in [2.24, 2.45) is 11.5 Å². The van der Waals surface area contributed by atoms with E-state index in [0.717, 1.165) is 49.5 Å². The van der Waals surface area contributed by atoms with Gasteiger partial charge in [0.1, 0.15) is 17.5 Å². The van der Waals surface area contributed by atoms with Gasteiger partial charge >= 0.3 is 0 Å². The third kappa shape index (κ3) is 3.58. The van der Waals surface area contributed by atoms with E-state index in [0.29, 0.717) is 5.69 Å². The Morgan fingerprint density at radius 3 is 2.53 bits per heavy atom. The van der Waals surface area contributed by atoms with Crippen LogP contribution >= 0.6 is 0 Å². The second-order valence-corrected chi connectivity index (χ2v) is 8.04. The largest absolute Gasteiger partial charge is 0.400 e. The van der Waals surface area contributed by atoms with Gasteiger partial charge in [-0.1, -0.05) is 12.5 Å². The van der Waals surface area contributed by atoms with Crippen molar-refractivity contribution in [3.05, 3.63) is 77.0 Å². The van der Waals surface area contributed by atoms with E-state index in [1.807, 2.05) is 6.07 Å². The fourth-order valence-corrected chi connectivity index (χ4v) is 4.54. The Kier molecular flexibility index (Phi) is 5.56. The van der Waals surface area contributed by atoms with Gasteiger partial charge in [-0.3, -0.25) is 4.98 Å². The average molecular weight is 414 g/mol.